The molecule has 5 nitrogen and oxygen atoms in total. The summed E-state index contributed by atoms with van der Waals surface area (Å²) in [6.07, 6.45) is 6.53. The Morgan fingerprint density at radius 3 is 2.56 bits per heavy atom. The molecular formula is C13H17N5. The van der Waals surface area contributed by atoms with E-state index in [1.54, 1.807) is 10.9 Å². The molecule has 0 aliphatic carbocycles. The summed E-state index contributed by atoms with van der Waals surface area (Å²) in [6.45, 7) is 4.20. The standard InChI is InChI=1S/C13H17N5/c14-9-12-13(10-15)18(11-16-12)8-4-7-17-5-2-1-3-6-17/h11H,1-8H2. The molecule has 18 heavy (non-hydrogen) atoms. The summed E-state index contributed by atoms with van der Waals surface area (Å²) in [4.78, 5) is 6.41. The van der Waals surface area contributed by atoms with Gasteiger partial charge in [-0.15, -0.1) is 0 Å². The summed E-state index contributed by atoms with van der Waals surface area (Å²) < 4.78 is 1.78. The molecule has 1 aliphatic rings. The van der Waals surface area contributed by atoms with Crippen molar-refractivity contribution in [1.82, 2.24) is 14.5 Å². The molecule has 5 heteroatoms. The van der Waals surface area contributed by atoms with Gasteiger partial charge < -0.3 is 9.47 Å². The van der Waals surface area contributed by atoms with E-state index in [0.717, 1.165) is 19.5 Å². The lowest BCUT2D eigenvalue weighted by Gasteiger charge is -2.26. The topological polar surface area (TPSA) is 68.6 Å². The molecule has 94 valence electrons. The van der Waals surface area contributed by atoms with Crippen LogP contribution in [0.25, 0.3) is 0 Å². The first-order valence-corrected chi connectivity index (χ1v) is 6.43. The number of likely N-dealkylation sites (tertiary alicyclic amines) is 1. The molecule has 0 N–H and O–H groups in total. The first kappa shape index (κ1) is 12.6. The Morgan fingerprint density at radius 2 is 1.89 bits per heavy atom. The third kappa shape index (κ3) is 2.88. The van der Waals surface area contributed by atoms with Gasteiger partial charge in [0.1, 0.15) is 12.1 Å². The molecule has 1 aromatic heterocycles. The van der Waals surface area contributed by atoms with E-state index >= 15 is 0 Å². The normalized spacial score (nSPS) is 16.1. The van der Waals surface area contributed by atoms with Crippen molar-refractivity contribution in [3.63, 3.8) is 0 Å². The molecule has 0 aromatic carbocycles. The van der Waals surface area contributed by atoms with Crippen LogP contribution in [0.4, 0.5) is 0 Å². The van der Waals surface area contributed by atoms with Gasteiger partial charge in [0.05, 0.1) is 6.33 Å². The van der Waals surface area contributed by atoms with Gasteiger partial charge in [-0.25, -0.2) is 4.98 Å². The highest BCUT2D eigenvalue weighted by Gasteiger charge is 2.11. The number of hydrogen-bond acceptors (Lipinski definition) is 4. The van der Waals surface area contributed by atoms with Crippen molar-refractivity contribution in [2.45, 2.75) is 32.2 Å². The Morgan fingerprint density at radius 1 is 1.11 bits per heavy atom. The number of aryl methyl sites for hydroxylation is 1. The van der Waals surface area contributed by atoms with Crippen molar-refractivity contribution in [1.29, 1.82) is 10.5 Å². The zero-order chi connectivity index (χ0) is 12.8. The van der Waals surface area contributed by atoms with E-state index in [2.05, 4.69) is 9.88 Å². The van der Waals surface area contributed by atoms with Gasteiger partial charge in [0.2, 0.25) is 0 Å². The molecule has 0 bridgehead atoms. The third-order valence-electron chi connectivity index (χ3n) is 3.37. The molecule has 0 atom stereocenters. The van der Waals surface area contributed by atoms with Crippen LogP contribution in [0.3, 0.4) is 0 Å². The van der Waals surface area contributed by atoms with Gasteiger partial charge in [-0.2, -0.15) is 10.5 Å². The number of nitrogens with zero attached hydrogens (tertiary/aromatic N) is 5. The smallest absolute Gasteiger partial charge is 0.176 e. The summed E-state index contributed by atoms with van der Waals surface area (Å²) in [6, 6.07) is 3.99. The monoisotopic (exact) mass is 243 g/mol. The molecule has 1 aliphatic heterocycles. The Balaban J connectivity index is 1.85. The Hall–Kier alpha value is -1.85. The van der Waals surface area contributed by atoms with E-state index in [-0.39, 0.29) is 5.69 Å². The fraction of sp³-hybridized carbons (Fsp3) is 0.615. The molecule has 0 spiro atoms. The third-order valence-corrected chi connectivity index (χ3v) is 3.37. The number of aromatic nitrogens is 2. The quantitative estimate of drug-likeness (QED) is 0.803. The molecular weight excluding hydrogens is 226 g/mol. The zero-order valence-electron chi connectivity index (χ0n) is 10.5. The van der Waals surface area contributed by atoms with Crippen LogP contribution in [0.5, 0.6) is 0 Å². The van der Waals surface area contributed by atoms with Crippen LogP contribution in [0, 0.1) is 22.7 Å². The number of rotatable bonds is 4. The van der Waals surface area contributed by atoms with Crippen molar-refractivity contribution in [3.8, 4) is 12.1 Å². The van der Waals surface area contributed by atoms with E-state index in [1.807, 2.05) is 12.1 Å². The highest BCUT2D eigenvalue weighted by molar-refractivity contribution is 5.35. The van der Waals surface area contributed by atoms with E-state index in [4.69, 9.17) is 10.5 Å². The maximum Gasteiger partial charge on any atom is 0.176 e. The Bertz CT molecular complexity index is 471. The average molecular weight is 243 g/mol. The Labute approximate surface area is 107 Å². The number of nitriles is 2. The van der Waals surface area contributed by atoms with Crippen molar-refractivity contribution >= 4 is 0 Å². The minimum absolute atomic E-state index is 0.232. The molecule has 0 amide bonds. The molecule has 1 saturated heterocycles. The molecule has 0 saturated carbocycles. The second-order valence-electron chi connectivity index (χ2n) is 4.61. The van der Waals surface area contributed by atoms with Gasteiger partial charge in [0.15, 0.2) is 11.4 Å². The zero-order valence-corrected chi connectivity index (χ0v) is 10.5. The van der Waals surface area contributed by atoms with Crippen molar-refractivity contribution in [3.05, 3.63) is 17.7 Å². The minimum Gasteiger partial charge on any atom is -0.321 e. The molecule has 1 fully saturated rings. The van der Waals surface area contributed by atoms with E-state index in [1.165, 1.54) is 32.4 Å². The van der Waals surface area contributed by atoms with Gasteiger partial charge in [-0.1, -0.05) is 6.42 Å². The van der Waals surface area contributed by atoms with E-state index in [9.17, 15) is 0 Å². The summed E-state index contributed by atoms with van der Waals surface area (Å²) >= 11 is 0. The van der Waals surface area contributed by atoms with Crippen LogP contribution in [0.2, 0.25) is 0 Å². The van der Waals surface area contributed by atoms with Gasteiger partial charge in [-0.3, -0.25) is 0 Å². The van der Waals surface area contributed by atoms with E-state index in [0.29, 0.717) is 5.69 Å². The predicted molar refractivity (Wildman–Crippen MR) is 66.6 cm³/mol. The van der Waals surface area contributed by atoms with Crippen molar-refractivity contribution < 1.29 is 0 Å². The van der Waals surface area contributed by atoms with Crippen LogP contribution in [0.15, 0.2) is 6.33 Å². The van der Waals surface area contributed by atoms with E-state index < -0.39 is 0 Å². The largest absolute Gasteiger partial charge is 0.321 e. The second-order valence-corrected chi connectivity index (χ2v) is 4.61. The van der Waals surface area contributed by atoms with Crippen LogP contribution >= 0.6 is 0 Å². The molecule has 0 radical (unpaired) electrons. The van der Waals surface area contributed by atoms with Gasteiger partial charge in [0, 0.05) is 6.54 Å². The minimum atomic E-state index is 0.232. The maximum absolute atomic E-state index is 8.99. The summed E-state index contributed by atoms with van der Waals surface area (Å²) in [5, 5.41) is 17.8. The van der Waals surface area contributed by atoms with Gasteiger partial charge >= 0.3 is 0 Å². The van der Waals surface area contributed by atoms with Gasteiger partial charge in [-0.05, 0) is 38.9 Å². The molecule has 2 rings (SSSR count). The van der Waals surface area contributed by atoms with Crippen molar-refractivity contribution in [2.75, 3.05) is 19.6 Å². The predicted octanol–water partition coefficient (Wildman–Crippen LogP) is 1.50. The van der Waals surface area contributed by atoms with Gasteiger partial charge in [0.25, 0.3) is 0 Å². The average Bonchev–Trinajstić information content (AvgIpc) is 2.82. The number of hydrogen-bond donors (Lipinski definition) is 0. The van der Waals surface area contributed by atoms with Crippen molar-refractivity contribution in [2.24, 2.45) is 0 Å². The Kier molecular flexibility index (Phi) is 4.33. The maximum atomic E-state index is 8.99. The molecule has 1 aromatic rings. The first-order valence-electron chi connectivity index (χ1n) is 6.43. The first-order chi connectivity index (χ1) is 8.85. The van der Waals surface area contributed by atoms with Crippen LogP contribution in [0.1, 0.15) is 37.1 Å². The number of piperidine rings is 1. The van der Waals surface area contributed by atoms with Crippen LogP contribution in [-0.2, 0) is 6.54 Å². The van der Waals surface area contributed by atoms with Crippen LogP contribution in [-0.4, -0.2) is 34.1 Å². The lowest BCUT2D eigenvalue weighted by atomic mass is 10.1. The number of imidazole rings is 1. The fourth-order valence-electron chi connectivity index (χ4n) is 2.40. The van der Waals surface area contributed by atoms with Crippen LogP contribution < -0.4 is 0 Å². The lowest BCUT2D eigenvalue weighted by molar-refractivity contribution is 0.223. The fourth-order valence-corrected chi connectivity index (χ4v) is 2.40. The summed E-state index contributed by atoms with van der Waals surface area (Å²) in [5.74, 6) is 0. The molecule has 0 unspecified atom stereocenters. The SMILES string of the molecule is N#Cc1ncn(CCCN2CCCCC2)c1C#N. The molecule has 2 heterocycles. The second kappa shape index (κ2) is 6.18. The highest BCUT2D eigenvalue weighted by Crippen LogP contribution is 2.10. The highest BCUT2D eigenvalue weighted by atomic mass is 15.1. The summed E-state index contributed by atoms with van der Waals surface area (Å²) in [7, 11) is 0. The summed E-state index contributed by atoms with van der Waals surface area (Å²) in [5.41, 5.74) is 0.617. The lowest BCUT2D eigenvalue weighted by Crippen LogP contribution is -2.31.